The van der Waals surface area contributed by atoms with Crippen LogP contribution in [0.3, 0.4) is 0 Å². The van der Waals surface area contributed by atoms with Gasteiger partial charge in [-0.3, -0.25) is 9.89 Å². The molecule has 0 aromatic carbocycles. The standard InChI is InChI=1S/C7H7F2N3O/c8-7(9)1-4(2-7)5(13)6-10-3-11-12-6/h3-4H,1-2H2,(H,10,11,12). The van der Waals surface area contributed by atoms with Crippen LogP contribution in [-0.2, 0) is 0 Å². The average Bonchev–Trinajstić information content (AvgIpc) is 2.50. The van der Waals surface area contributed by atoms with Gasteiger partial charge < -0.3 is 0 Å². The number of nitrogens with one attached hydrogen (secondary N) is 1. The van der Waals surface area contributed by atoms with Crippen LogP contribution in [0.1, 0.15) is 23.5 Å². The van der Waals surface area contributed by atoms with Gasteiger partial charge in [-0.1, -0.05) is 0 Å². The number of ketones is 1. The van der Waals surface area contributed by atoms with Gasteiger partial charge in [-0.25, -0.2) is 13.8 Å². The summed E-state index contributed by atoms with van der Waals surface area (Å²) in [4.78, 5) is 14.9. The Labute approximate surface area is 72.4 Å². The van der Waals surface area contributed by atoms with E-state index in [4.69, 9.17) is 0 Å². The van der Waals surface area contributed by atoms with E-state index < -0.39 is 11.8 Å². The minimum Gasteiger partial charge on any atom is -0.290 e. The highest BCUT2D eigenvalue weighted by Crippen LogP contribution is 2.43. The number of aromatic amines is 1. The molecule has 1 aromatic rings. The third-order valence-corrected chi connectivity index (χ3v) is 2.11. The van der Waals surface area contributed by atoms with Gasteiger partial charge in [0.05, 0.1) is 0 Å². The number of carbonyl (C=O) groups is 1. The molecule has 13 heavy (non-hydrogen) atoms. The number of aromatic nitrogens is 3. The number of alkyl halides is 2. The summed E-state index contributed by atoms with van der Waals surface area (Å²) in [7, 11) is 0. The van der Waals surface area contributed by atoms with Crippen molar-refractivity contribution >= 4 is 5.78 Å². The maximum absolute atomic E-state index is 12.4. The van der Waals surface area contributed by atoms with E-state index in [-0.39, 0.29) is 24.4 Å². The highest BCUT2D eigenvalue weighted by Gasteiger charge is 2.49. The lowest BCUT2D eigenvalue weighted by molar-refractivity contribution is -0.0983. The lowest BCUT2D eigenvalue weighted by atomic mass is 9.78. The molecule has 0 spiro atoms. The molecule has 6 heteroatoms. The highest BCUT2D eigenvalue weighted by molar-refractivity contribution is 5.95. The van der Waals surface area contributed by atoms with Gasteiger partial charge in [-0.2, -0.15) is 5.10 Å². The lowest BCUT2D eigenvalue weighted by Gasteiger charge is -2.32. The molecule has 1 aromatic heterocycles. The van der Waals surface area contributed by atoms with Gasteiger partial charge in [-0.15, -0.1) is 0 Å². The molecule has 2 rings (SSSR count). The van der Waals surface area contributed by atoms with Crippen LogP contribution in [0.2, 0.25) is 0 Å². The molecule has 0 unspecified atom stereocenters. The van der Waals surface area contributed by atoms with Crippen molar-refractivity contribution in [1.29, 1.82) is 0 Å². The van der Waals surface area contributed by atoms with E-state index in [1.54, 1.807) is 0 Å². The molecule has 1 aliphatic carbocycles. The van der Waals surface area contributed by atoms with Crippen molar-refractivity contribution in [3.05, 3.63) is 12.2 Å². The van der Waals surface area contributed by atoms with Crippen molar-refractivity contribution in [3.8, 4) is 0 Å². The number of nitrogens with zero attached hydrogens (tertiary/aromatic N) is 2. The second-order valence-corrected chi connectivity index (χ2v) is 3.16. The molecule has 0 amide bonds. The van der Waals surface area contributed by atoms with Gasteiger partial charge in [0.15, 0.2) is 5.82 Å². The molecular formula is C7H7F2N3O. The Hall–Kier alpha value is -1.33. The first-order valence-corrected chi connectivity index (χ1v) is 3.86. The Kier molecular flexibility index (Phi) is 1.64. The van der Waals surface area contributed by atoms with Crippen LogP contribution >= 0.6 is 0 Å². The molecule has 0 radical (unpaired) electrons. The van der Waals surface area contributed by atoms with Crippen LogP contribution in [0.15, 0.2) is 6.33 Å². The zero-order chi connectivity index (χ0) is 9.47. The van der Waals surface area contributed by atoms with Crippen LogP contribution in [0.5, 0.6) is 0 Å². The number of Topliss-reactive ketones (excluding diaryl/α,β-unsaturated/α-hetero) is 1. The summed E-state index contributed by atoms with van der Waals surface area (Å²) < 4.78 is 24.8. The van der Waals surface area contributed by atoms with Crippen molar-refractivity contribution in [2.75, 3.05) is 0 Å². The topological polar surface area (TPSA) is 58.6 Å². The second kappa shape index (κ2) is 2.58. The predicted octanol–water partition coefficient (Wildman–Crippen LogP) is 1.03. The van der Waals surface area contributed by atoms with Gasteiger partial charge in [0.2, 0.25) is 11.7 Å². The van der Waals surface area contributed by atoms with E-state index >= 15 is 0 Å². The molecule has 1 fully saturated rings. The van der Waals surface area contributed by atoms with E-state index in [1.807, 2.05) is 0 Å². The molecule has 0 atom stereocenters. The fraction of sp³-hybridized carbons (Fsp3) is 0.571. The maximum Gasteiger partial charge on any atom is 0.249 e. The average molecular weight is 187 g/mol. The summed E-state index contributed by atoms with van der Waals surface area (Å²) in [5.74, 6) is -3.56. The van der Waals surface area contributed by atoms with Crippen LogP contribution in [0.25, 0.3) is 0 Å². The Morgan fingerprint density at radius 1 is 1.62 bits per heavy atom. The summed E-state index contributed by atoms with van der Waals surface area (Å²) in [5.41, 5.74) is 0. The number of halogens is 2. The normalized spacial score (nSPS) is 21.1. The van der Waals surface area contributed by atoms with Gasteiger partial charge in [0, 0.05) is 18.8 Å². The number of rotatable bonds is 2. The molecule has 0 saturated heterocycles. The summed E-state index contributed by atoms with van der Waals surface area (Å²) in [6.07, 6.45) is 0.448. The molecule has 1 heterocycles. The monoisotopic (exact) mass is 187 g/mol. The van der Waals surface area contributed by atoms with Crippen molar-refractivity contribution in [2.45, 2.75) is 18.8 Å². The number of hydrogen-bond donors (Lipinski definition) is 1. The largest absolute Gasteiger partial charge is 0.290 e. The second-order valence-electron chi connectivity index (χ2n) is 3.16. The Morgan fingerprint density at radius 3 is 2.77 bits per heavy atom. The number of H-pyrrole nitrogens is 1. The van der Waals surface area contributed by atoms with E-state index in [2.05, 4.69) is 15.2 Å². The van der Waals surface area contributed by atoms with Crippen molar-refractivity contribution in [2.24, 2.45) is 5.92 Å². The summed E-state index contributed by atoms with van der Waals surface area (Å²) in [5, 5.41) is 5.83. The van der Waals surface area contributed by atoms with Crippen LogP contribution in [-0.4, -0.2) is 26.9 Å². The molecular weight excluding hydrogens is 180 g/mol. The van der Waals surface area contributed by atoms with E-state index in [1.165, 1.54) is 6.33 Å². The first-order valence-electron chi connectivity index (χ1n) is 3.86. The Bertz CT molecular complexity index is 314. The van der Waals surface area contributed by atoms with Crippen LogP contribution in [0, 0.1) is 5.92 Å². The number of carbonyl (C=O) groups excluding carboxylic acids is 1. The fourth-order valence-corrected chi connectivity index (χ4v) is 1.36. The molecule has 0 aliphatic heterocycles. The molecule has 0 bridgehead atoms. The van der Waals surface area contributed by atoms with Crippen LogP contribution < -0.4 is 0 Å². The quantitative estimate of drug-likeness (QED) is 0.703. The van der Waals surface area contributed by atoms with Crippen molar-refractivity contribution < 1.29 is 13.6 Å². The minimum atomic E-state index is -2.67. The van der Waals surface area contributed by atoms with Crippen molar-refractivity contribution in [3.63, 3.8) is 0 Å². The first-order chi connectivity index (χ1) is 6.08. The Morgan fingerprint density at radius 2 is 2.31 bits per heavy atom. The predicted molar refractivity (Wildman–Crippen MR) is 38.4 cm³/mol. The summed E-state index contributed by atoms with van der Waals surface area (Å²) in [6.45, 7) is 0. The smallest absolute Gasteiger partial charge is 0.249 e. The van der Waals surface area contributed by atoms with Gasteiger partial charge in [-0.05, 0) is 0 Å². The fourth-order valence-electron chi connectivity index (χ4n) is 1.36. The van der Waals surface area contributed by atoms with Crippen LogP contribution in [0.4, 0.5) is 8.78 Å². The van der Waals surface area contributed by atoms with Gasteiger partial charge in [0.1, 0.15) is 6.33 Å². The molecule has 1 saturated carbocycles. The summed E-state index contributed by atoms with van der Waals surface area (Å²) in [6, 6.07) is 0. The summed E-state index contributed by atoms with van der Waals surface area (Å²) >= 11 is 0. The molecule has 1 N–H and O–H groups in total. The van der Waals surface area contributed by atoms with E-state index in [0.717, 1.165) is 0 Å². The van der Waals surface area contributed by atoms with E-state index in [9.17, 15) is 13.6 Å². The van der Waals surface area contributed by atoms with Crippen molar-refractivity contribution in [1.82, 2.24) is 15.2 Å². The zero-order valence-electron chi connectivity index (χ0n) is 6.63. The van der Waals surface area contributed by atoms with Gasteiger partial charge >= 0.3 is 0 Å². The third kappa shape index (κ3) is 1.43. The Balaban J connectivity index is 2.02. The lowest BCUT2D eigenvalue weighted by Crippen LogP contribution is -2.40. The molecule has 4 nitrogen and oxygen atoms in total. The first kappa shape index (κ1) is 8.28. The molecule has 1 aliphatic rings. The highest BCUT2D eigenvalue weighted by atomic mass is 19.3. The number of hydrogen-bond acceptors (Lipinski definition) is 3. The SMILES string of the molecule is O=C(c1ncn[nH]1)C1CC(F)(F)C1. The maximum atomic E-state index is 12.4. The van der Waals surface area contributed by atoms with E-state index in [0.29, 0.717) is 0 Å². The third-order valence-electron chi connectivity index (χ3n) is 2.11. The van der Waals surface area contributed by atoms with Gasteiger partial charge in [0.25, 0.3) is 0 Å². The minimum absolute atomic E-state index is 0.0699. The zero-order valence-corrected chi connectivity index (χ0v) is 6.63. The molecule has 70 valence electrons.